The number of fused-ring (bicyclic) bond motifs is 7. The van der Waals surface area contributed by atoms with Gasteiger partial charge in [-0.05, 0) is 91.7 Å². The molecule has 8 aromatic carbocycles. The number of para-hydroxylation sites is 1. The van der Waals surface area contributed by atoms with Gasteiger partial charge >= 0.3 is 0 Å². The number of rotatable bonds is 5. The minimum Gasteiger partial charge on any atom is -0.278 e. The minimum absolute atomic E-state index is 0.0252. The van der Waals surface area contributed by atoms with Gasteiger partial charge in [0.2, 0.25) is 5.95 Å². The molecule has 0 fully saturated rings. The van der Waals surface area contributed by atoms with Crippen molar-refractivity contribution in [3.8, 4) is 62.1 Å². The highest BCUT2D eigenvalue weighted by molar-refractivity contribution is 6.10. The van der Waals surface area contributed by atoms with Crippen LogP contribution in [0.4, 0.5) is 0 Å². The fraction of sp³-hybridized carbons (Fsp3) is 0.0577. The molecule has 0 saturated carbocycles. The van der Waals surface area contributed by atoms with E-state index in [1.807, 2.05) is 60.7 Å². The molecule has 0 amide bonds. The van der Waals surface area contributed by atoms with Crippen molar-refractivity contribution in [2.24, 2.45) is 0 Å². The SMILES string of the molecule is CC1(C)c2ccccc2-c2ccc(-c3ccc4cc(-c5ccc6c(c5)c5ccccc5n6-c5nc(-c6ccccc6)nc(-c6ccccc6)n5)ccc4c3)cc21. The normalized spacial score (nSPS) is 13.0. The molecule has 0 N–H and O–H groups in total. The summed E-state index contributed by atoms with van der Waals surface area (Å²) >= 11 is 0. The second-order valence-corrected chi connectivity index (χ2v) is 15.3. The van der Waals surface area contributed by atoms with Gasteiger partial charge in [0.1, 0.15) is 0 Å². The Bertz CT molecular complexity index is 3100. The Morgan fingerprint density at radius 1 is 0.375 bits per heavy atom. The lowest BCUT2D eigenvalue weighted by Crippen LogP contribution is -2.14. The molecule has 1 aliphatic rings. The predicted molar refractivity (Wildman–Crippen MR) is 231 cm³/mol. The fourth-order valence-electron chi connectivity index (χ4n) is 8.75. The summed E-state index contributed by atoms with van der Waals surface area (Å²) in [6, 6.07) is 65.0. The van der Waals surface area contributed by atoms with Crippen molar-refractivity contribution < 1.29 is 0 Å². The zero-order valence-electron chi connectivity index (χ0n) is 31.1. The summed E-state index contributed by atoms with van der Waals surface area (Å²) in [6.07, 6.45) is 0. The van der Waals surface area contributed by atoms with Gasteiger partial charge in [-0.1, -0.05) is 159 Å². The Kier molecular flexibility index (Phi) is 7.17. The first-order valence-electron chi connectivity index (χ1n) is 19.2. The summed E-state index contributed by atoms with van der Waals surface area (Å²) in [5.41, 5.74) is 14.3. The monoisotopic (exact) mass is 716 g/mol. The van der Waals surface area contributed by atoms with Crippen LogP contribution in [0.25, 0.3) is 94.7 Å². The molecule has 0 bridgehead atoms. The summed E-state index contributed by atoms with van der Waals surface area (Å²) in [6.45, 7) is 4.68. The van der Waals surface area contributed by atoms with Gasteiger partial charge in [0, 0.05) is 27.3 Å². The summed E-state index contributed by atoms with van der Waals surface area (Å²) in [5, 5.41) is 4.75. The Hall–Kier alpha value is -7.17. The van der Waals surface area contributed by atoms with E-state index in [-0.39, 0.29) is 5.41 Å². The van der Waals surface area contributed by atoms with Crippen LogP contribution in [0, 0.1) is 0 Å². The first kappa shape index (κ1) is 32.3. The van der Waals surface area contributed by atoms with E-state index in [2.05, 4.69) is 140 Å². The molecule has 4 heteroatoms. The highest BCUT2D eigenvalue weighted by Crippen LogP contribution is 2.49. The molecule has 11 rings (SSSR count). The topological polar surface area (TPSA) is 43.6 Å². The molecular weight excluding hydrogens is 681 g/mol. The summed E-state index contributed by atoms with van der Waals surface area (Å²) in [5.74, 6) is 1.87. The van der Waals surface area contributed by atoms with Crippen molar-refractivity contribution in [1.82, 2.24) is 19.5 Å². The molecular formula is C52H36N4. The second kappa shape index (κ2) is 12.4. The number of hydrogen-bond acceptors (Lipinski definition) is 3. The molecule has 56 heavy (non-hydrogen) atoms. The summed E-state index contributed by atoms with van der Waals surface area (Å²) in [7, 11) is 0. The Morgan fingerprint density at radius 3 is 1.59 bits per heavy atom. The van der Waals surface area contributed by atoms with Gasteiger partial charge in [0.25, 0.3) is 0 Å². The van der Waals surface area contributed by atoms with Crippen LogP contribution in [-0.2, 0) is 5.41 Å². The Morgan fingerprint density at radius 2 is 0.893 bits per heavy atom. The maximum atomic E-state index is 5.09. The lowest BCUT2D eigenvalue weighted by Gasteiger charge is -2.22. The molecule has 2 heterocycles. The van der Waals surface area contributed by atoms with Crippen LogP contribution in [-0.4, -0.2) is 19.5 Å². The zero-order chi connectivity index (χ0) is 37.4. The van der Waals surface area contributed by atoms with Crippen LogP contribution in [0.1, 0.15) is 25.0 Å². The third-order valence-electron chi connectivity index (χ3n) is 11.7. The van der Waals surface area contributed by atoms with Crippen LogP contribution in [0.2, 0.25) is 0 Å². The van der Waals surface area contributed by atoms with Crippen molar-refractivity contribution in [2.75, 3.05) is 0 Å². The predicted octanol–water partition coefficient (Wildman–Crippen LogP) is 13.1. The molecule has 10 aromatic rings. The van der Waals surface area contributed by atoms with Crippen LogP contribution in [0.15, 0.2) is 182 Å². The van der Waals surface area contributed by atoms with Crippen molar-refractivity contribution in [1.29, 1.82) is 0 Å². The molecule has 0 unspecified atom stereocenters. The van der Waals surface area contributed by atoms with E-state index in [9.17, 15) is 0 Å². The van der Waals surface area contributed by atoms with E-state index in [1.165, 1.54) is 49.7 Å². The second-order valence-electron chi connectivity index (χ2n) is 15.3. The highest BCUT2D eigenvalue weighted by atomic mass is 15.2. The van der Waals surface area contributed by atoms with Crippen molar-refractivity contribution in [2.45, 2.75) is 19.3 Å². The van der Waals surface area contributed by atoms with Gasteiger partial charge in [-0.2, -0.15) is 9.97 Å². The Labute approximate surface area is 325 Å². The molecule has 4 nitrogen and oxygen atoms in total. The first-order valence-corrected chi connectivity index (χ1v) is 19.2. The molecule has 264 valence electrons. The smallest absolute Gasteiger partial charge is 0.238 e. The molecule has 0 radical (unpaired) electrons. The standard InChI is InChI=1S/C52H36N4/c1-52(2)45-19-11-9-17-41(45)42-27-25-40(32-46(42)52)38-24-22-35-29-37(23-21-36(35)30-38)39-26-28-48-44(31-39)43-18-10-12-20-47(43)56(48)51-54-49(33-13-5-3-6-14-33)53-50(55-51)34-15-7-4-8-16-34/h3-32H,1-2H3. The van der Waals surface area contributed by atoms with Crippen molar-refractivity contribution in [3.63, 3.8) is 0 Å². The number of aromatic nitrogens is 4. The minimum atomic E-state index is -0.0252. The van der Waals surface area contributed by atoms with Gasteiger partial charge in [0.05, 0.1) is 11.0 Å². The molecule has 0 aliphatic heterocycles. The average Bonchev–Trinajstić information content (AvgIpc) is 3.71. The number of hydrogen-bond donors (Lipinski definition) is 0. The summed E-state index contributed by atoms with van der Waals surface area (Å²) in [4.78, 5) is 15.1. The summed E-state index contributed by atoms with van der Waals surface area (Å²) < 4.78 is 2.18. The van der Waals surface area contributed by atoms with Gasteiger partial charge < -0.3 is 0 Å². The zero-order valence-corrected chi connectivity index (χ0v) is 31.1. The lowest BCUT2D eigenvalue weighted by molar-refractivity contribution is 0.660. The van der Waals surface area contributed by atoms with E-state index in [0.717, 1.165) is 38.5 Å². The van der Waals surface area contributed by atoms with E-state index in [1.54, 1.807) is 0 Å². The van der Waals surface area contributed by atoms with E-state index in [0.29, 0.717) is 17.6 Å². The van der Waals surface area contributed by atoms with E-state index < -0.39 is 0 Å². The molecule has 2 aromatic heterocycles. The number of nitrogens with zero attached hydrogens (tertiary/aromatic N) is 4. The average molecular weight is 717 g/mol. The third kappa shape index (κ3) is 5.10. The highest BCUT2D eigenvalue weighted by Gasteiger charge is 2.35. The van der Waals surface area contributed by atoms with Crippen molar-refractivity contribution in [3.05, 3.63) is 193 Å². The largest absolute Gasteiger partial charge is 0.278 e. The van der Waals surface area contributed by atoms with Crippen molar-refractivity contribution >= 4 is 32.6 Å². The van der Waals surface area contributed by atoms with E-state index in [4.69, 9.17) is 15.0 Å². The maximum absolute atomic E-state index is 5.09. The maximum Gasteiger partial charge on any atom is 0.238 e. The lowest BCUT2D eigenvalue weighted by atomic mass is 9.81. The van der Waals surface area contributed by atoms with Gasteiger partial charge in [-0.25, -0.2) is 4.98 Å². The van der Waals surface area contributed by atoms with Crippen LogP contribution >= 0.6 is 0 Å². The van der Waals surface area contributed by atoms with Gasteiger partial charge in [-0.15, -0.1) is 0 Å². The fourth-order valence-corrected chi connectivity index (χ4v) is 8.75. The van der Waals surface area contributed by atoms with Gasteiger partial charge in [-0.3, -0.25) is 4.57 Å². The van der Waals surface area contributed by atoms with Gasteiger partial charge in [0.15, 0.2) is 11.6 Å². The van der Waals surface area contributed by atoms with Crippen LogP contribution in [0.3, 0.4) is 0 Å². The number of benzene rings is 8. The quantitative estimate of drug-likeness (QED) is 0.178. The van der Waals surface area contributed by atoms with Crippen LogP contribution in [0.5, 0.6) is 0 Å². The molecule has 0 saturated heterocycles. The molecule has 0 atom stereocenters. The first-order chi connectivity index (χ1) is 27.5. The Balaban J connectivity index is 0.992. The molecule has 0 spiro atoms. The molecule has 1 aliphatic carbocycles. The third-order valence-corrected chi connectivity index (χ3v) is 11.7. The van der Waals surface area contributed by atoms with Crippen LogP contribution < -0.4 is 0 Å². The van der Waals surface area contributed by atoms with E-state index >= 15 is 0 Å².